The molecule has 0 amide bonds. The highest BCUT2D eigenvalue weighted by molar-refractivity contribution is 7.16. The number of thiazole rings is 2. The molecule has 0 aromatic carbocycles. The number of rotatable bonds is 4. The van der Waals surface area contributed by atoms with Crippen LogP contribution in [0.2, 0.25) is 0 Å². The Morgan fingerprint density at radius 1 is 1.43 bits per heavy atom. The quantitative estimate of drug-likeness (QED) is 0.903. The summed E-state index contributed by atoms with van der Waals surface area (Å²) in [6.45, 7) is 3.56. The average molecular weight is 332 g/mol. The summed E-state index contributed by atoms with van der Waals surface area (Å²) in [7, 11) is 0. The molecule has 0 radical (unpaired) electrons. The van der Waals surface area contributed by atoms with E-state index < -0.39 is 11.9 Å². The van der Waals surface area contributed by atoms with Crippen LogP contribution >= 0.6 is 22.7 Å². The Hall–Kier alpha value is -1.66. The zero-order valence-electron chi connectivity index (χ0n) is 11.2. The van der Waals surface area contributed by atoms with E-state index in [9.17, 15) is 13.2 Å². The number of hydrogen-bond donors (Lipinski definition) is 1. The van der Waals surface area contributed by atoms with Gasteiger partial charge in [0.15, 0.2) is 10.8 Å². The number of alkyl halides is 3. The zero-order chi connectivity index (χ0) is 15.6. The van der Waals surface area contributed by atoms with Gasteiger partial charge in [-0.3, -0.25) is 0 Å². The lowest BCUT2D eigenvalue weighted by atomic mass is 10.2. The van der Waals surface area contributed by atoms with E-state index >= 15 is 0 Å². The summed E-state index contributed by atoms with van der Waals surface area (Å²) in [5.74, 6) is 0. The molecule has 112 valence electrons. The van der Waals surface area contributed by atoms with E-state index in [1.807, 2.05) is 13.0 Å². The third-order valence-corrected chi connectivity index (χ3v) is 4.67. The van der Waals surface area contributed by atoms with Crippen molar-refractivity contribution in [2.45, 2.75) is 32.5 Å². The first-order chi connectivity index (χ1) is 9.85. The van der Waals surface area contributed by atoms with Crippen molar-refractivity contribution in [3.8, 4) is 6.07 Å². The van der Waals surface area contributed by atoms with Crippen LogP contribution in [0.25, 0.3) is 0 Å². The van der Waals surface area contributed by atoms with Crippen molar-refractivity contribution in [3.05, 3.63) is 26.7 Å². The van der Waals surface area contributed by atoms with Gasteiger partial charge in [-0.2, -0.15) is 18.4 Å². The van der Waals surface area contributed by atoms with E-state index in [-0.39, 0.29) is 6.04 Å². The van der Waals surface area contributed by atoms with Gasteiger partial charge in [0.25, 0.3) is 0 Å². The maximum absolute atomic E-state index is 12.6. The molecule has 2 rings (SSSR count). The zero-order valence-corrected chi connectivity index (χ0v) is 12.8. The molecule has 1 unspecified atom stereocenters. The van der Waals surface area contributed by atoms with Crippen LogP contribution in [0, 0.1) is 18.3 Å². The second-order valence-corrected chi connectivity index (χ2v) is 6.11. The molecule has 0 saturated heterocycles. The van der Waals surface area contributed by atoms with Crippen molar-refractivity contribution in [2.75, 3.05) is 5.32 Å². The molecule has 0 bridgehead atoms. The molecule has 0 aliphatic rings. The Morgan fingerprint density at radius 2 is 2.14 bits per heavy atom. The largest absolute Gasteiger partial charge is 0.434 e. The van der Waals surface area contributed by atoms with Crippen molar-refractivity contribution in [1.82, 2.24) is 9.97 Å². The Morgan fingerprint density at radius 3 is 2.62 bits per heavy atom. The fourth-order valence-electron chi connectivity index (χ4n) is 1.63. The minimum atomic E-state index is -4.43. The third kappa shape index (κ3) is 3.51. The first kappa shape index (κ1) is 15.7. The number of aryl methyl sites for hydroxylation is 1. The highest BCUT2D eigenvalue weighted by Crippen LogP contribution is 2.34. The maximum atomic E-state index is 12.6. The van der Waals surface area contributed by atoms with Gasteiger partial charge in [0, 0.05) is 5.38 Å². The molecule has 4 nitrogen and oxygen atoms in total. The highest BCUT2D eigenvalue weighted by atomic mass is 32.1. The highest BCUT2D eigenvalue weighted by Gasteiger charge is 2.34. The summed E-state index contributed by atoms with van der Waals surface area (Å²) in [4.78, 5) is 8.32. The van der Waals surface area contributed by atoms with Crippen molar-refractivity contribution in [2.24, 2.45) is 0 Å². The van der Waals surface area contributed by atoms with Crippen molar-refractivity contribution in [1.29, 1.82) is 5.26 Å². The number of hydrogen-bond acceptors (Lipinski definition) is 6. The van der Waals surface area contributed by atoms with Crippen LogP contribution in [-0.4, -0.2) is 9.97 Å². The molecule has 9 heteroatoms. The minimum absolute atomic E-state index is 0.358. The van der Waals surface area contributed by atoms with Gasteiger partial charge >= 0.3 is 6.18 Å². The summed E-state index contributed by atoms with van der Waals surface area (Å²) in [5.41, 5.74) is -0.272. The number of nitriles is 1. The predicted octanol–water partition coefficient (Wildman–Crippen LogP) is 4.36. The van der Waals surface area contributed by atoms with Crippen LogP contribution < -0.4 is 5.32 Å². The van der Waals surface area contributed by atoms with Crippen molar-refractivity contribution in [3.63, 3.8) is 0 Å². The first-order valence-electron chi connectivity index (χ1n) is 6.01. The van der Waals surface area contributed by atoms with Gasteiger partial charge in [-0.1, -0.05) is 18.3 Å². The normalized spacial score (nSPS) is 13.0. The molecule has 2 heterocycles. The topological polar surface area (TPSA) is 61.6 Å². The summed E-state index contributed by atoms with van der Waals surface area (Å²) < 4.78 is 37.7. The van der Waals surface area contributed by atoms with E-state index in [0.717, 1.165) is 16.7 Å². The molecule has 1 atom stereocenters. The lowest BCUT2D eigenvalue weighted by molar-refractivity contribution is -0.140. The molecule has 2 aromatic heterocycles. The Labute approximate surface area is 127 Å². The SMILES string of the molecule is CCC(Nc1nc(C)c(C#N)s1)c1nc(C(F)(F)F)cs1. The van der Waals surface area contributed by atoms with Crippen LogP contribution in [0.15, 0.2) is 5.38 Å². The lowest BCUT2D eigenvalue weighted by Crippen LogP contribution is -2.11. The second kappa shape index (κ2) is 5.99. The van der Waals surface area contributed by atoms with E-state index in [1.165, 1.54) is 11.3 Å². The van der Waals surface area contributed by atoms with E-state index in [1.54, 1.807) is 6.92 Å². The van der Waals surface area contributed by atoms with E-state index in [0.29, 0.717) is 27.1 Å². The number of halogens is 3. The molecular formula is C12H11F3N4S2. The maximum Gasteiger partial charge on any atom is 0.434 e. The smallest absolute Gasteiger partial charge is 0.352 e. The summed E-state index contributed by atoms with van der Waals surface area (Å²) in [6.07, 6.45) is -3.87. The second-order valence-electron chi connectivity index (χ2n) is 4.22. The van der Waals surface area contributed by atoms with Crippen molar-refractivity contribution >= 4 is 27.8 Å². The average Bonchev–Trinajstić information content (AvgIpc) is 3.02. The van der Waals surface area contributed by atoms with Gasteiger partial charge in [-0.25, -0.2) is 9.97 Å². The first-order valence-corrected chi connectivity index (χ1v) is 7.71. The molecule has 0 aliphatic heterocycles. The number of anilines is 1. The van der Waals surface area contributed by atoms with Gasteiger partial charge in [0.1, 0.15) is 16.0 Å². The fraction of sp³-hybridized carbons (Fsp3) is 0.417. The lowest BCUT2D eigenvalue weighted by Gasteiger charge is -2.13. The Balaban J connectivity index is 2.20. The Kier molecular flexibility index (Phi) is 4.49. The van der Waals surface area contributed by atoms with Crippen LogP contribution in [-0.2, 0) is 6.18 Å². The monoisotopic (exact) mass is 332 g/mol. The summed E-state index contributed by atoms with van der Waals surface area (Å²) >= 11 is 2.14. The van der Waals surface area contributed by atoms with E-state index in [4.69, 9.17) is 5.26 Å². The number of nitrogens with zero attached hydrogens (tertiary/aromatic N) is 3. The fourth-order valence-corrected chi connectivity index (χ4v) is 3.40. The van der Waals surface area contributed by atoms with Crippen LogP contribution in [0.3, 0.4) is 0 Å². The van der Waals surface area contributed by atoms with Crippen LogP contribution in [0.1, 0.15) is 40.7 Å². The van der Waals surface area contributed by atoms with Gasteiger partial charge in [0.2, 0.25) is 0 Å². The van der Waals surface area contributed by atoms with Gasteiger partial charge in [-0.05, 0) is 13.3 Å². The number of nitrogens with one attached hydrogen (secondary N) is 1. The van der Waals surface area contributed by atoms with Crippen LogP contribution in [0.4, 0.5) is 18.3 Å². The predicted molar refractivity (Wildman–Crippen MR) is 75.3 cm³/mol. The van der Waals surface area contributed by atoms with Gasteiger partial charge < -0.3 is 5.32 Å². The van der Waals surface area contributed by atoms with E-state index in [2.05, 4.69) is 15.3 Å². The molecule has 0 saturated carbocycles. The summed E-state index contributed by atoms with van der Waals surface area (Å²) in [6, 6.07) is 1.67. The molecule has 21 heavy (non-hydrogen) atoms. The Bertz CT molecular complexity index is 669. The van der Waals surface area contributed by atoms with Crippen LogP contribution in [0.5, 0.6) is 0 Å². The third-order valence-electron chi connectivity index (χ3n) is 2.71. The molecule has 0 aliphatic carbocycles. The van der Waals surface area contributed by atoms with Gasteiger partial charge in [-0.15, -0.1) is 11.3 Å². The minimum Gasteiger partial charge on any atom is -0.352 e. The standard InChI is InChI=1S/C12H11F3N4S2/c1-3-7(10-19-9(5-20-10)12(13,14)15)18-11-17-6(2)8(4-16)21-11/h5,7H,3H2,1-2H3,(H,17,18). The molecule has 0 fully saturated rings. The summed E-state index contributed by atoms with van der Waals surface area (Å²) in [5, 5.41) is 13.8. The molecule has 0 spiro atoms. The van der Waals surface area contributed by atoms with Gasteiger partial charge in [0.05, 0.1) is 11.7 Å². The molecule has 2 aromatic rings. The molecule has 1 N–H and O–H groups in total. The molecular weight excluding hydrogens is 321 g/mol. The number of aromatic nitrogens is 2. The van der Waals surface area contributed by atoms with Crippen molar-refractivity contribution < 1.29 is 13.2 Å².